The van der Waals surface area contributed by atoms with Crippen LogP contribution in [0.15, 0.2) is 42.6 Å². The Morgan fingerprint density at radius 1 is 1.21 bits per heavy atom. The van der Waals surface area contributed by atoms with Crippen molar-refractivity contribution in [2.45, 2.75) is 32.4 Å². The van der Waals surface area contributed by atoms with Crippen molar-refractivity contribution < 1.29 is 13.9 Å². The van der Waals surface area contributed by atoms with E-state index < -0.39 is 0 Å². The number of hydrogen-bond acceptors (Lipinski definition) is 5. The maximum Gasteiger partial charge on any atom is 0.274 e. The lowest BCUT2D eigenvalue weighted by molar-refractivity contribution is 0.101. The summed E-state index contributed by atoms with van der Waals surface area (Å²) in [5.41, 5.74) is 2.73. The molecule has 0 saturated carbocycles. The van der Waals surface area contributed by atoms with Crippen molar-refractivity contribution in [3.05, 3.63) is 65.6 Å². The summed E-state index contributed by atoms with van der Waals surface area (Å²) in [6.45, 7) is 2.52. The number of imidazole rings is 1. The fraction of sp³-hybridized carbons (Fsp3) is 0.286. The maximum absolute atomic E-state index is 13.1. The molecule has 29 heavy (non-hydrogen) atoms. The number of amides is 1. The highest BCUT2D eigenvalue weighted by molar-refractivity contribution is 6.03. The Bertz CT molecular complexity index is 1010. The van der Waals surface area contributed by atoms with Gasteiger partial charge in [0, 0.05) is 30.8 Å². The van der Waals surface area contributed by atoms with Crippen molar-refractivity contribution in [1.29, 1.82) is 0 Å². The first-order valence-electron chi connectivity index (χ1n) is 9.43. The summed E-state index contributed by atoms with van der Waals surface area (Å²) in [5, 5.41) is 6.29. The SMILES string of the molecule is COc1ccc(NC(=O)c2c(C)nc3n2CCC(Nc2ccc(F)cc2)C3)cn1. The van der Waals surface area contributed by atoms with Crippen LogP contribution >= 0.6 is 0 Å². The highest BCUT2D eigenvalue weighted by Crippen LogP contribution is 2.23. The number of hydrogen-bond donors (Lipinski definition) is 2. The zero-order valence-electron chi connectivity index (χ0n) is 16.3. The third-order valence-electron chi connectivity index (χ3n) is 4.98. The minimum atomic E-state index is -0.256. The molecule has 0 bridgehead atoms. The zero-order valence-corrected chi connectivity index (χ0v) is 16.3. The summed E-state index contributed by atoms with van der Waals surface area (Å²) in [7, 11) is 1.54. The van der Waals surface area contributed by atoms with Gasteiger partial charge in [0.1, 0.15) is 17.3 Å². The van der Waals surface area contributed by atoms with E-state index in [1.54, 1.807) is 37.6 Å². The number of benzene rings is 1. The lowest BCUT2D eigenvalue weighted by Crippen LogP contribution is -2.32. The molecule has 1 unspecified atom stereocenters. The fourth-order valence-electron chi connectivity index (χ4n) is 3.59. The molecule has 4 rings (SSSR count). The summed E-state index contributed by atoms with van der Waals surface area (Å²) in [4.78, 5) is 21.6. The van der Waals surface area contributed by atoms with E-state index in [1.165, 1.54) is 12.1 Å². The molecule has 0 spiro atoms. The smallest absolute Gasteiger partial charge is 0.274 e. The van der Waals surface area contributed by atoms with Crippen LogP contribution in [-0.4, -0.2) is 33.6 Å². The summed E-state index contributed by atoms with van der Waals surface area (Å²) >= 11 is 0. The number of aryl methyl sites for hydroxylation is 1. The molecule has 2 N–H and O–H groups in total. The third-order valence-corrected chi connectivity index (χ3v) is 4.98. The molecule has 0 fully saturated rings. The number of ether oxygens (including phenoxy) is 1. The van der Waals surface area contributed by atoms with Crippen LogP contribution in [0.4, 0.5) is 15.8 Å². The van der Waals surface area contributed by atoms with Crippen LogP contribution in [0.5, 0.6) is 5.88 Å². The van der Waals surface area contributed by atoms with Gasteiger partial charge in [-0.05, 0) is 43.7 Å². The Labute approximate surface area is 167 Å². The van der Waals surface area contributed by atoms with E-state index in [4.69, 9.17) is 4.74 Å². The molecule has 3 aromatic rings. The lowest BCUT2D eigenvalue weighted by atomic mass is 10.1. The molecular weight excluding hydrogens is 373 g/mol. The van der Waals surface area contributed by atoms with Gasteiger partial charge in [0.2, 0.25) is 5.88 Å². The first kappa shape index (κ1) is 18.9. The van der Waals surface area contributed by atoms with E-state index in [0.29, 0.717) is 35.9 Å². The van der Waals surface area contributed by atoms with Crippen LogP contribution in [0.3, 0.4) is 0 Å². The van der Waals surface area contributed by atoms with Crippen LogP contribution in [0.25, 0.3) is 0 Å². The number of nitrogens with one attached hydrogen (secondary N) is 2. The van der Waals surface area contributed by atoms with Gasteiger partial charge in [0.25, 0.3) is 5.91 Å². The van der Waals surface area contributed by atoms with E-state index >= 15 is 0 Å². The van der Waals surface area contributed by atoms with Crippen molar-refractivity contribution in [2.24, 2.45) is 0 Å². The van der Waals surface area contributed by atoms with Gasteiger partial charge in [-0.15, -0.1) is 0 Å². The molecule has 1 aromatic carbocycles. The number of carbonyl (C=O) groups excluding carboxylic acids is 1. The monoisotopic (exact) mass is 395 g/mol. The van der Waals surface area contributed by atoms with Gasteiger partial charge in [-0.2, -0.15) is 0 Å². The highest BCUT2D eigenvalue weighted by Gasteiger charge is 2.27. The summed E-state index contributed by atoms with van der Waals surface area (Å²) in [5.74, 6) is 0.887. The number of nitrogens with zero attached hydrogens (tertiary/aromatic N) is 3. The molecule has 3 heterocycles. The summed E-state index contributed by atoms with van der Waals surface area (Å²) in [6, 6.07) is 9.94. The molecule has 1 aliphatic rings. The first-order valence-corrected chi connectivity index (χ1v) is 9.43. The maximum atomic E-state index is 13.1. The molecule has 1 aliphatic heterocycles. The average molecular weight is 395 g/mol. The minimum Gasteiger partial charge on any atom is -0.481 e. The normalized spacial score (nSPS) is 15.5. The Balaban J connectivity index is 1.47. The second kappa shape index (κ2) is 7.90. The van der Waals surface area contributed by atoms with Crippen LogP contribution in [0.1, 0.15) is 28.4 Å². The molecule has 0 aliphatic carbocycles. The Kier molecular flexibility index (Phi) is 5.16. The number of halogens is 1. The van der Waals surface area contributed by atoms with Gasteiger partial charge >= 0.3 is 0 Å². The zero-order chi connectivity index (χ0) is 20.4. The number of anilines is 2. The standard InChI is InChI=1S/C21H22FN5O2/c1-13-20(21(28)26-17-7-8-19(29-2)23-12-17)27-10-9-16(11-18(27)24-13)25-15-5-3-14(22)4-6-15/h3-8,12,16,25H,9-11H2,1-2H3,(H,26,28). The summed E-state index contributed by atoms with van der Waals surface area (Å²) in [6.07, 6.45) is 3.09. The molecule has 2 aromatic heterocycles. The van der Waals surface area contributed by atoms with Gasteiger partial charge < -0.3 is 19.9 Å². The number of methoxy groups -OCH3 is 1. The quantitative estimate of drug-likeness (QED) is 0.692. The third kappa shape index (κ3) is 4.06. The molecule has 150 valence electrons. The van der Waals surface area contributed by atoms with Gasteiger partial charge in [0.15, 0.2) is 0 Å². The van der Waals surface area contributed by atoms with Gasteiger partial charge in [-0.25, -0.2) is 14.4 Å². The van der Waals surface area contributed by atoms with E-state index in [9.17, 15) is 9.18 Å². The van der Waals surface area contributed by atoms with Gasteiger partial charge in [-0.1, -0.05) is 0 Å². The molecule has 0 radical (unpaired) electrons. The van der Waals surface area contributed by atoms with Crippen molar-refractivity contribution in [3.8, 4) is 5.88 Å². The van der Waals surface area contributed by atoms with Crippen LogP contribution in [0.2, 0.25) is 0 Å². The van der Waals surface area contributed by atoms with E-state index in [1.807, 2.05) is 11.5 Å². The second-order valence-electron chi connectivity index (χ2n) is 7.00. The molecule has 1 amide bonds. The number of carbonyl (C=O) groups is 1. The van der Waals surface area contributed by atoms with Crippen LogP contribution < -0.4 is 15.4 Å². The van der Waals surface area contributed by atoms with E-state index in [0.717, 1.165) is 17.9 Å². The molecule has 1 atom stereocenters. The number of aromatic nitrogens is 3. The fourth-order valence-corrected chi connectivity index (χ4v) is 3.59. The predicted molar refractivity (Wildman–Crippen MR) is 108 cm³/mol. The lowest BCUT2D eigenvalue weighted by Gasteiger charge is -2.26. The predicted octanol–water partition coefficient (Wildman–Crippen LogP) is 3.41. The number of fused-ring (bicyclic) bond motifs is 1. The number of pyridine rings is 1. The van der Waals surface area contributed by atoms with Crippen LogP contribution in [0, 0.1) is 12.7 Å². The average Bonchev–Trinajstić information content (AvgIpc) is 3.05. The summed E-state index contributed by atoms with van der Waals surface area (Å²) < 4.78 is 20.1. The van der Waals surface area contributed by atoms with E-state index in [-0.39, 0.29) is 17.8 Å². The van der Waals surface area contributed by atoms with Crippen LogP contribution in [-0.2, 0) is 13.0 Å². The largest absolute Gasteiger partial charge is 0.481 e. The van der Waals surface area contributed by atoms with Crippen molar-refractivity contribution in [3.63, 3.8) is 0 Å². The minimum absolute atomic E-state index is 0.177. The topological polar surface area (TPSA) is 81.1 Å². The highest BCUT2D eigenvalue weighted by atomic mass is 19.1. The molecule has 0 saturated heterocycles. The first-order chi connectivity index (χ1) is 14.0. The van der Waals surface area contributed by atoms with Crippen molar-refractivity contribution >= 4 is 17.3 Å². The van der Waals surface area contributed by atoms with E-state index in [2.05, 4.69) is 20.6 Å². The van der Waals surface area contributed by atoms with Crippen molar-refractivity contribution in [2.75, 3.05) is 17.7 Å². The second-order valence-corrected chi connectivity index (χ2v) is 7.00. The number of rotatable bonds is 5. The van der Waals surface area contributed by atoms with Crippen molar-refractivity contribution in [1.82, 2.24) is 14.5 Å². The van der Waals surface area contributed by atoms with Gasteiger partial charge in [-0.3, -0.25) is 4.79 Å². The Morgan fingerprint density at radius 2 is 1.97 bits per heavy atom. The Hall–Kier alpha value is -3.42. The Morgan fingerprint density at radius 3 is 2.66 bits per heavy atom. The molecule has 8 heteroatoms. The molecule has 7 nitrogen and oxygen atoms in total. The van der Waals surface area contributed by atoms with Gasteiger partial charge in [0.05, 0.1) is 24.7 Å². The molecular formula is C21H22FN5O2.